The van der Waals surface area contributed by atoms with Gasteiger partial charge < -0.3 is 23.7 Å². The lowest BCUT2D eigenvalue weighted by Crippen LogP contribution is -2.17. The zero-order valence-corrected chi connectivity index (χ0v) is 51.6. The van der Waals surface area contributed by atoms with E-state index in [-0.39, 0.29) is 10.8 Å². The van der Waals surface area contributed by atoms with Crippen LogP contribution < -0.4 is 19.3 Å². The maximum atomic E-state index is 6.17. The number of anilines is 6. The molecule has 0 amide bonds. The largest absolute Gasteiger partial charge is 0.493 e. The van der Waals surface area contributed by atoms with Gasteiger partial charge in [-0.15, -0.1) is 0 Å². The Morgan fingerprint density at radius 1 is 0.354 bits per heavy atom. The zero-order chi connectivity index (χ0) is 57.0. The highest BCUT2D eigenvalue weighted by Gasteiger charge is 2.25. The Balaban J connectivity index is 0.000000242. The molecule has 0 saturated heterocycles. The number of ether oxygens (including phenoxy) is 2. The SMILES string of the molecule is CCCCCCCCOc1cc2c(cc1C)oc1cc(C)c(OCCCCCCCC)cc12.Cc1ccc(N(c2ccc(N(c3ccc(C)cc3)c3c(C)cc(C(C)(C)C)cc3C)cc2)c2c(C)cc(C(C)(C)C)cc2C)cc1. The van der Waals surface area contributed by atoms with Gasteiger partial charge in [0, 0.05) is 33.5 Å². The van der Waals surface area contributed by atoms with Gasteiger partial charge in [0.15, 0.2) is 0 Å². The second kappa shape index (κ2) is 27.1. The van der Waals surface area contributed by atoms with E-state index >= 15 is 0 Å². The first-order chi connectivity index (χ1) is 37.7. The Morgan fingerprint density at radius 2 is 0.646 bits per heavy atom. The Labute approximate surface area is 477 Å². The van der Waals surface area contributed by atoms with E-state index in [0.717, 1.165) is 93.4 Å². The summed E-state index contributed by atoms with van der Waals surface area (Å²) in [7, 11) is 0. The van der Waals surface area contributed by atoms with Crippen LogP contribution in [0, 0.1) is 55.4 Å². The van der Waals surface area contributed by atoms with Crippen LogP contribution >= 0.6 is 0 Å². The van der Waals surface area contributed by atoms with Crippen LogP contribution in [-0.4, -0.2) is 13.2 Å². The number of fused-ring (bicyclic) bond motifs is 3. The third-order valence-electron chi connectivity index (χ3n) is 15.7. The second-order valence-corrected chi connectivity index (χ2v) is 24.8. The summed E-state index contributed by atoms with van der Waals surface area (Å²) in [5.74, 6) is 1.93. The van der Waals surface area contributed by atoms with Gasteiger partial charge in [-0.3, -0.25) is 0 Å². The van der Waals surface area contributed by atoms with Crippen LogP contribution in [0.1, 0.15) is 188 Å². The molecular weight excluding hydrogens is 965 g/mol. The minimum Gasteiger partial charge on any atom is -0.493 e. The first kappa shape index (κ1) is 60.2. The van der Waals surface area contributed by atoms with E-state index in [0.29, 0.717) is 0 Å². The Hall–Kier alpha value is -6.46. The normalized spacial score (nSPS) is 11.7. The molecule has 0 radical (unpaired) electrons. The summed E-state index contributed by atoms with van der Waals surface area (Å²) in [6.07, 6.45) is 15.3. The number of aryl methyl sites for hydroxylation is 8. The van der Waals surface area contributed by atoms with Crippen molar-refractivity contribution in [2.75, 3.05) is 23.0 Å². The van der Waals surface area contributed by atoms with Crippen LogP contribution in [-0.2, 0) is 10.8 Å². The Kier molecular flexibility index (Phi) is 20.7. The average Bonchev–Trinajstić information content (AvgIpc) is 3.93. The van der Waals surface area contributed by atoms with Gasteiger partial charge in [-0.05, 0) is 196 Å². The van der Waals surface area contributed by atoms with E-state index in [4.69, 9.17) is 13.9 Å². The summed E-state index contributed by atoms with van der Waals surface area (Å²) in [6.45, 7) is 37.3. The molecule has 420 valence electrons. The monoisotopic (exact) mass is 1060 g/mol. The van der Waals surface area contributed by atoms with Gasteiger partial charge in [-0.25, -0.2) is 0 Å². The van der Waals surface area contributed by atoms with Crippen molar-refractivity contribution in [1.82, 2.24) is 0 Å². The topological polar surface area (TPSA) is 38.1 Å². The fourth-order valence-corrected chi connectivity index (χ4v) is 10.9. The molecule has 0 unspecified atom stereocenters. The van der Waals surface area contributed by atoms with Crippen LogP contribution in [0.25, 0.3) is 21.9 Å². The Bertz CT molecular complexity index is 2970. The summed E-state index contributed by atoms with van der Waals surface area (Å²) in [5, 5.41) is 2.22. The van der Waals surface area contributed by atoms with Crippen LogP contribution in [0.3, 0.4) is 0 Å². The van der Waals surface area contributed by atoms with Crippen molar-refractivity contribution >= 4 is 56.1 Å². The lowest BCUT2D eigenvalue weighted by atomic mass is 9.84. The maximum Gasteiger partial charge on any atom is 0.135 e. The molecule has 0 aliphatic carbocycles. The van der Waals surface area contributed by atoms with Gasteiger partial charge in [0.1, 0.15) is 22.7 Å². The zero-order valence-electron chi connectivity index (χ0n) is 51.6. The third kappa shape index (κ3) is 15.5. The first-order valence-corrected chi connectivity index (χ1v) is 30.0. The van der Waals surface area contributed by atoms with Crippen molar-refractivity contribution in [1.29, 1.82) is 0 Å². The smallest absolute Gasteiger partial charge is 0.135 e. The van der Waals surface area contributed by atoms with Crippen LogP contribution in [0.5, 0.6) is 11.5 Å². The average molecular weight is 1060 g/mol. The van der Waals surface area contributed by atoms with E-state index in [1.807, 2.05) is 0 Å². The van der Waals surface area contributed by atoms with E-state index in [1.54, 1.807) is 0 Å². The molecule has 1 aromatic heterocycles. The van der Waals surface area contributed by atoms with Crippen LogP contribution in [0.2, 0.25) is 0 Å². The van der Waals surface area contributed by atoms with Gasteiger partial charge in [0.2, 0.25) is 0 Å². The van der Waals surface area contributed by atoms with E-state index < -0.39 is 0 Å². The molecule has 8 rings (SSSR count). The van der Waals surface area contributed by atoms with Gasteiger partial charge in [0.25, 0.3) is 0 Å². The molecule has 0 N–H and O–H groups in total. The molecule has 1 heterocycles. The lowest BCUT2D eigenvalue weighted by molar-refractivity contribution is 0.302. The Morgan fingerprint density at radius 3 is 0.949 bits per heavy atom. The van der Waals surface area contributed by atoms with E-state index in [2.05, 4.69) is 242 Å². The molecule has 7 aromatic carbocycles. The molecule has 0 aliphatic heterocycles. The number of hydrogen-bond donors (Lipinski definition) is 0. The fraction of sp³-hybridized carbons (Fsp3) is 0.432. The van der Waals surface area contributed by atoms with Crippen LogP contribution in [0.4, 0.5) is 34.1 Å². The molecule has 0 aliphatic rings. The summed E-state index contributed by atoms with van der Waals surface area (Å²) in [5.41, 5.74) is 21.7. The summed E-state index contributed by atoms with van der Waals surface area (Å²) >= 11 is 0. The third-order valence-corrected chi connectivity index (χ3v) is 15.7. The number of rotatable bonds is 22. The van der Waals surface area contributed by atoms with Crippen molar-refractivity contribution in [2.45, 2.75) is 199 Å². The van der Waals surface area contributed by atoms with Gasteiger partial charge >= 0.3 is 0 Å². The summed E-state index contributed by atoms with van der Waals surface area (Å²) in [4.78, 5) is 4.84. The predicted octanol–water partition coefficient (Wildman–Crippen LogP) is 22.8. The molecule has 0 atom stereocenters. The van der Waals surface area contributed by atoms with E-state index in [9.17, 15) is 0 Å². The quantitative estimate of drug-likeness (QED) is 0.0633. The first-order valence-electron chi connectivity index (χ1n) is 30.0. The second-order valence-electron chi connectivity index (χ2n) is 24.8. The van der Waals surface area contributed by atoms with E-state index in [1.165, 1.54) is 120 Å². The van der Waals surface area contributed by atoms with Crippen molar-refractivity contribution in [3.63, 3.8) is 0 Å². The summed E-state index contributed by atoms with van der Waals surface area (Å²) in [6, 6.07) is 44.9. The number of benzene rings is 7. The number of unbranched alkanes of at least 4 members (excludes halogenated alkanes) is 10. The highest BCUT2D eigenvalue weighted by molar-refractivity contribution is 6.06. The molecule has 0 saturated carbocycles. The minimum absolute atomic E-state index is 0.0885. The molecule has 0 spiro atoms. The molecule has 5 nitrogen and oxygen atoms in total. The van der Waals surface area contributed by atoms with Gasteiger partial charge in [-0.2, -0.15) is 0 Å². The molecule has 8 aromatic rings. The standard InChI is InChI=1S/C44H52N2.C30H44O3/c1-29-13-17-37(18-14-29)45(41-31(3)25-35(26-32(41)4)43(7,8)9)39-21-23-40(24-22-39)46(38-19-15-30(2)16-20-38)42-33(5)27-36(28-34(42)6)44(10,11)12;1-5-7-9-11-13-15-17-31-27-21-25-26-22-28(32-18-16-14-12-10-8-6-2)24(4)20-30(26)33-29(25)19-23(27)3/h13-28H,1-12H3;19-22H,5-18H2,1-4H3. The van der Waals surface area contributed by atoms with Crippen molar-refractivity contribution in [3.05, 3.63) is 177 Å². The molecular formula is C74H96N2O3. The fourth-order valence-electron chi connectivity index (χ4n) is 10.9. The maximum absolute atomic E-state index is 6.17. The molecule has 0 fully saturated rings. The highest BCUT2D eigenvalue weighted by atomic mass is 16.5. The summed E-state index contributed by atoms with van der Waals surface area (Å²) < 4.78 is 18.5. The van der Waals surface area contributed by atoms with Gasteiger partial charge in [-0.1, -0.05) is 179 Å². The van der Waals surface area contributed by atoms with Gasteiger partial charge in [0.05, 0.1) is 24.6 Å². The number of hydrogen-bond acceptors (Lipinski definition) is 5. The van der Waals surface area contributed by atoms with Crippen molar-refractivity contribution in [3.8, 4) is 11.5 Å². The minimum atomic E-state index is 0.0885. The van der Waals surface area contributed by atoms with Crippen molar-refractivity contribution < 1.29 is 13.9 Å². The molecule has 79 heavy (non-hydrogen) atoms. The number of nitrogens with zero attached hydrogens (tertiary/aromatic N) is 2. The number of furan rings is 1. The van der Waals surface area contributed by atoms with Crippen molar-refractivity contribution in [2.24, 2.45) is 0 Å². The molecule has 0 bridgehead atoms. The van der Waals surface area contributed by atoms with Crippen LogP contribution in [0.15, 0.2) is 126 Å². The molecule has 5 heteroatoms. The highest BCUT2D eigenvalue weighted by Crippen LogP contribution is 2.45. The lowest BCUT2D eigenvalue weighted by Gasteiger charge is -2.32. The predicted molar refractivity (Wildman–Crippen MR) is 343 cm³/mol.